The van der Waals surface area contributed by atoms with Crippen LogP contribution in [0.15, 0.2) is 85.3 Å². The van der Waals surface area contributed by atoms with Crippen LogP contribution in [-0.4, -0.2) is 10.7 Å². The number of pyridine rings is 1. The highest BCUT2D eigenvalue weighted by atomic mass is 16.5. The molecule has 0 unspecified atom stereocenters. The molecule has 5 heteroatoms. The minimum atomic E-state index is 0.356. The van der Waals surface area contributed by atoms with Crippen molar-refractivity contribution in [2.75, 3.05) is 0 Å². The molecule has 0 bridgehead atoms. The largest absolute Gasteiger partial charge is 0.489 e. The fourth-order valence-electron chi connectivity index (χ4n) is 2.28. The monoisotopic (exact) mass is 345 g/mol. The second-order valence-electron chi connectivity index (χ2n) is 5.51. The molecule has 0 atom stereocenters. The summed E-state index contributed by atoms with van der Waals surface area (Å²) in [7, 11) is 0. The minimum Gasteiger partial charge on any atom is -0.489 e. The minimum absolute atomic E-state index is 0.356. The molecule has 0 aliphatic carbocycles. The lowest BCUT2D eigenvalue weighted by atomic mass is 10.1. The van der Waals surface area contributed by atoms with E-state index in [2.05, 4.69) is 4.98 Å². The molecule has 0 amide bonds. The first kappa shape index (κ1) is 17.2. The zero-order valence-corrected chi connectivity index (χ0v) is 14.1. The number of benzene rings is 2. The molecular weight excluding hydrogens is 326 g/mol. The third-order valence-corrected chi connectivity index (χ3v) is 3.64. The van der Waals surface area contributed by atoms with Gasteiger partial charge >= 0.3 is 0 Å². The lowest BCUT2D eigenvalue weighted by molar-refractivity contribution is 0.305. The van der Waals surface area contributed by atoms with Gasteiger partial charge in [0.25, 0.3) is 0 Å². The van der Waals surface area contributed by atoms with Gasteiger partial charge in [0.05, 0.1) is 5.71 Å². The number of ether oxygens (including phenoxy) is 2. The first-order valence-corrected chi connectivity index (χ1v) is 8.11. The SMILES string of the molecule is N=C(C=CN)c1ccc(Oc2ccc(OCc3ccncc3)cc2)cc1. The summed E-state index contributed by atoms with van der Waals surface area (Å²) in [4.78, 5) is 3.98. The Balaban J connectivity index is 1.58. The molecule has 0 aliphatic heterocycles. The van der Waals surface area contributed by atoms with Crippen molar-refractivity contribution in [2.24, 2.45) is 5.73 Å². The van der Waals surface area contributed by atoms with Crippen LogP contribution in [0, 0.1) is 5.41 Å². The second kappa shape index (κ2) is 8.48. The van der Waals surface area contributed by atoms with Crippen LogP contribution in [0.2, 0.25) is 0 Å². The smallest absolute Gasteiger partial charge is 0.127 e. The quantitative estimate of drug-likeness (QED) is 0.626. The molecule has 3 N–H and O–H groups in total. The molecule has 3 aromatic rings. The maximum atomic E-state index is 7.82. The molecule has 0 saturated heterocycles. The molecule has 2 aromatic carbocycles. The summed E-state index contributed by atoms with van der Waals surface area (Å²) in [6, 6.07) is 18.6. The van der Waals surface area contributed by atoms with Crippen LogP contribution < -0.4 is 15.2 Å². The van der Waals surface area contributed by atoms with E-state index in [1.807, 2.05) is 60.7 Å². The Labute approximate surface area is 152 Å². The summed E-state index contributed by atoms with van der Waals surface area (Å²) in [6.07, 6.45) is 6.38. The summed E-state index contributed by atoms with van der Waals surface area (Å²) in [6.45, 7) is 0.493. The van der Waals surface area contributed by atoms with Crippen molar-refractivity contribution >= 4 is 5.71 Å². The van der Waals surface area contributed by atoms with Gasteiger partial charge in [-0.2, -0.15) is 0 Å². The average molecular weight is 345 g/mol. The van der Waals surface area contributed by atoms with Gasteiger partial charge < -0.3 is 20.6 Å². The van der Waals surface area contributed by atoms with Crippen LogP contribution in [-0.2, 0) is 6.61 Å². The van der Waals surface area contributed by atoms with E-state index in [-0.39, 0.29) is 0 Å². The highest BCUT2D eigenvalue weighted by molar-refractivity contribution is 6.06. The Morgan fingerprint density at radius 1 is 0.885 bits per heavy atom. The molecule has 130 valence electrons. The number of allylic oxidation sites excluding steroid dienone is 1. The summed E-state index contributed by atoms with van der Waals surface area (Å²) in [5, 5.41) is 7.82. The van der Waals surface area contributed by atoms with E-state index in [4.69, 9.17) is 20.6 Å². The molecular formula is C21H19N3O2. The van der Waals surface area contributed by atoms with E-state index in [1.165, 1.54) is 6.20 Å². The van der Waals surface area contributed by atoms with Gasteiger partial charge in [0, 0.05) is 12.4 Å². The number of hydrogen-bond donors (Lipinski definition) is 2. The van der Waals surface area contributed by atoms with E-state index >= 15 is 0 Å². The van der Waals surface area contributed by atoms with Crippen LogP contribution in [0.25, 0.3) is 0 Å². The normalized spacial score (nSPS) is 10.6. The van der Waals surface area contributed by atoms with E-state index < -0.39 is 0 Å². The van der Waals surface area contributed by atoms with Gasteiger partial charge in [-0.05, 0) is 84.1 Å². The topological polar surface area (TPSA) is 81.2 Å². The molecule has 0 spiro atoms. The third-order valence-electron chi connectivity index (χ3n) is 3.64. The predicted molar refractivity (Wildman–Crippen MR) is 102 cm³/mol. The molecule has 0 fully saturated rings. The van der Waals surface area contributed by atoms with Crippen LogP contribution >= 0.6 is 0 Å². The van der Waals surface area contributed by atoms with Gasteiger partial charge in [-0.3, -0.25) is 4.98 Å². The lowest BCUT2D eigenvalue weighted by Crippen LogP contribution is -1.96. The zero-order valence-electron chi connectivity index (χ0n) is 14.1. The summed E-state index contributed by atoms with van der Waals surface area (Å²) in [5.41, 5.74) is 7.50. The molecule has 0 saturated carbocycles. The van der Waals surface area contributed by atoms with Crippen LogP contribution in [0.5, 0.6) is 17.2 Å². The molecule has 3 rings (SSSR count). The Kier molecular flexibility index (Phi) is 5.62. The fraction of sp³-hybridized carbons (Fsp3) is 0.0476. The van der Waals surface area contributed by atoms with Crippen LogP contribution in [0.3, 0.4) is 0 Å². The molecule has 1 aromatic heterocycles. The molecule has 0 aliphatic rings. The van der Waals surface area contributed by atoms with Gasteiger partial charge in [0.15, 0.2) is 0 Å². The van der Waals surface area contributed by atoms with Gasteiger partial charge in [0.2, 0.25) is 0 Å². The maximum absolute atomic E-state index is 7.82. The number of nitrogens with two attached hydrogens (primary N) is 1. The number of nitrogens with zero attached hydrogens (tertiary/aromatic N) is 1. The van der Waals surface area contributed by atoms with Crippen molar-refractivity contribution in [1.82, 2.24) is 4.98 Å². The Morgan fingerprint density at radius 2 is 1.46 bits per heavy atom. The summed E-state index contributed by atoms with van der Waals surface area (Å²) >= 11 is 0. The summed E-state index contributed by atoms with van der Waals surface area (Å²) < 4.78 is 11.6. The van der Waals surface area contributed by atoms with E-state index in [1.54, 1.807) is 18.5 Å². The van der Waals surface area contributed by atoms with E-state index in [0.29, 0.717) is 23.8 Å². The Hall–Kier alpha value is -3.60. The second-order valence-corrected chi connectivity index (χ2v) is 5.51. The van der Waals surface area contributed by atoms with Crippen molar-refractivity contribution in [3.05, 3.63) is 96.5 Å². The number of nitrogens with one attached hydrogen (secondary N) is 1. The van der Waals surface area contributed by atoms with Crippen LogP contribution in [0.4, 0.5) is 0 Å². The van der Waals surface area contributed by atoms with Crippen LogP contribution in [0.1, 0.15) is 11.1 Å². The highest BCUT2D eigenvalue weighted by Crippen LogP contribution is 2.24. The average Bonchev–Trinajstić information content (AvgIpc) is 2.69. The zero-order chi connectivity index (χ0) is 18.2. The Morgan fingerprint density at radius 3 is 2.08 bits per heavy atom. The standard InChI is InChI=1S/C21H19N3O2/c22-12-9-21(23)17-1-3-19(4-2-17)26-20-7-5-18(6-8-20)25-15-16-10-13-24-14-11-16/h1-14,23H,15,22H2. The predicted octanol–water partition coefficient (Wildman–Crippen LogP) is 4.29. The van der Waals surface area contributed by atoms with Crippen molar-refractivity contribution in [2.45, 2.75) is 6.61 Å². The van der Waals surface area contributed by atoms with E-state index in [0.717, 1.165) is 16.9 Å². The first-order chi connectivity index (χ1) is 12.7. The third kappa shape index (κ3) is 4.70. The first-order valence-electron chi connectivity index (χ1n) is 8.11. The number of hydrogen-bond acceptors (Lipinski definition) is 5. The van der Waals surface area contributed by atoms with Gasteiger partial charge in [-0.25, -0.2) is 0 Å². The molecule has 0 radical (unpaired) electrons. The number of aromatic nitrogens is 1. The Bertz CT molecular complexity index is 873. The lowest BCUT2D eigenvalue weighted by Gasteiger charge is -2.09. The number of rotatable bonds is 7. The van der Waals surface area contributed by atoms with Crippen molar-refractivity contribution in [1.29, 1.82) is 5.41 Å². The molecule has 1 heterocycles. The molecule has 5 nitrogen and oxygen atoms in total. The fourth-order valence-corrected chi connectivity index (χ4v) is 2.28. The van der Waals surface area contributed by atoms with E-state index in [9.17, 15) is 0 Å². The van der Waals surface area contributed by atoms with Gasteiger partial charge in [-0.15, -0.1) is 0 Å². The van der Waals surface area contributed by atoms with Gasteiger partial charge in [-0.1, -0.05) is 0 Å². The van der Waals surface area contributed by atoms with Crippen molar-refractivity contribution in [3.8, 4) is 17.2 Å². The highest BCUT2D eigenvalue weighted by Gasteiger charge is 2.02. The van der Waals surface area contributed by atoms with Gasteiger partial charge in [0.1, 0.15) is 23.9 Å². The van der Waals surface area contributed by atoms with Crippen molar-refractivity contribution < 1.29 is 9.47 Å². The van der Waals surface area contributed by atoms with Crippen molar-refractivity contribution in [3.63, 3.8) is 0 Å². The summed E-state index contributed by atoms with van der Waals surface area (Å²) in [5.74, 6) is 2.18. The molecule has 26 heavy (non-hydrogen) atoms. The maximum Gasteiger partial charge on any atom is 0.127 e.